The molecule has 2 rings (SSSR count). The second-order valence-corrected chi connectivity index (χ2v) is 4.66. The average molecular weight is 280 g/mol. The Bertz CT molecular complexity index is 446. The molecule has 0 aromatic carbocycles. The molecule has 0 saturated carbocycles. The Morgan fingerprint density at radius 1 is 1.55 bits per heavy atom. The van der Waals surface area contributed by atoms with Crippen LogP contribution in [-0.4, -0.2) is 56.0 Å². The highest BCUT2D eigenvalue weighted by Gasteiger charge is 2.29. The lowest BCUT2D eigenvalue weighted by atomic mass is 10.1. The first-order chi connectivity index (χ1) is 9.70. The van der Waals surface area contributed by atoms with E-state index >= 15 is 0 Å². The standard InChI is InChI=1S/C13H20N4O3/c1-14-13(19)11-8-15-4-5-17(11)9-12(18)16-7-10-3-2-6-20-10/h2-3,6,11,15H,4-5,7-9H2,1H3,(H,14,19)(H,16,18). The van der Waals surface area contributed by atoms with Crippen molar-refractivity contribution in [3.8, 4) is 0 Å². The van der Waals surface area contributed by atoms with Gasteiger partial charge in [-0.05, 0) is 12.1 Å². The molecule has 1 aromatic heterocycles. The average Bonchev–Trinajstić information content (AvgIpc) is 2.98. The van der Waals surface area contributed by atoms with Crippen LogP contribution in [0.5, 0.6) is 0 Å². The molecule has 3 N–H and O–H groups in total. The van der Waals surface area contributed by atoms with Gasteiger partial charge in [0.05, 0.1) is 19.4 Å². The minimum Gasteiger partial charge on any atom is -0.467 e. The lowest BCUT2D eigenvalue weighted by Gasteiger charge is -2.34. The predicted octanol–water partition coefficient (Wildman–Crippen LogP) is -1.08. The van der Waals surface area contributed by atoms with Crippen molar-refractivity contribution < 1.29 is 14.0 Å². The van der Waals surface area contributed by atoms with Gasteiger partial charge in [-0.15, -0.1) is 0 Å². The van der Waals surface area contributed by atoms with Crippen LogP contribution in [0.15, 0.2) is 22.8 Å². The molecule has 1 atom stereocenters. The van der Waals surface area contributed by atoms with Crippen molar-refractivity contribution in [3.05, 3.63) is 24.2 Å². The molecule has 1 aliphatic heterocycles. The van der Waals surface area contributed by atoms with Gasteiger partial charge in [0, 0.05) is 26.7 Å². The number of nitrogens with zero attached hydrogens (tertiary/aromatic N) is 1. The first-order valence-corrected chi connectivity index (χ1v) is 6.66. The van der Waals surface area contributed by atoms with Crippen LogP contribution >= 0.6 is 0 Å². The number of carbonyl (C=O) groups excluding carboxylic acids is 2. The minimum atomic E-state index is -0.303. The van der Waals surface area contributed by atoms with E-state index in [4.69, 9.17) is 4.42 Å². The summed E-state index contributed by atoms with van der Waals surface area (Å²) in [5.41, 5.74) is 0. The summed E-state index contributed by atoms with van der Waals surface area (Å²) in [4.78, 5) is 25.6. The SMILES string of the molecule is CNC(=O)C1CNCCN1CC(=O)NCc1ccco1. The van der Waals surface area contributed by atoms with Gasteiger partial charge in [-0.2, -0.15) is 0 Å². The van der Waals surface area contributed by atoms with Crippen LogP contribution in [0.2, 0.25) is 0 Å². The topological polar surface area (TPSA) is 86.6 Å². The third kappa shape index (κ3) is 3.82. The molecule has 0 bridgehead atoms. The van der Waals surface area contributed by atoms with Gasteiger partial charge in [0.15, 0.2) is 0 Å². The molecule has 1 aromatic rings. The zero-order chi connectivity index (χ0) is 14.4. The number of hydrogen-bond acceptors (Lipinski definition) is 5. The van der Waals surface area contributed by atoms with Crippen LogP contribution in [0.3, 0.4) is 0 Å². The van der Waals surface area contributed by atoms with Crippen molar-refractivity contribution in [1.29, 1.82) is 0 Å². The molecule has 1 fully saturated rings. The minimum absolute atomic E-state index is 0.0731. The van der Waals surface area contributed by atoms with Gasteiger partial charge in [-0.25, -0.2) is 0 Å². The van der Waals surface area contributed by atoms with E-state index in [-0.39, 0.29) is 24.4 Å². The second kappa shape index (κ2) is 7.06. The van der Waals surface area contributed by atoms with Gasteiger partial charge in [0.25, 0.3) is 0 Å². The van der Waals surface area contributed by atoms with Crippen molar-refractivity contribution >= 4 is 11.8 Å². The summed E-state index contributed by atoms with van der Waals surface area (Å²) >= 11 is 0. The Labute approximate surface area is 117 Å². The number of piperazine rings is 1. The molecule has 0 radical (unpaired) electrons. The number of hydrogen-bond donors (Lipinski definition) is 3. The zero-order valence-corrected chi connectivity index (χ0v) is 11.5. The largest absolute Gasteiger partial charge is 0.467 e. The molecule has 110 valence electrons. The number of amides is 2. The second-order valence-electron chi connectivity index (χ2n) is 4.66. The summed E-state index contributed by atoms with van der Waals surface area (Å²) in [7, 11) is 1.60. The van der Waals surface area contributed by atoms with Crippen LogP contribution < -0.4 is 16.0 Å². The van der Waals surface area contributed by atoms with Gasteiger partial charge in [-0.3, -0.25) is 14.5 Å². The van der Waals surface area contributed by atoms with E-state index in [1.165, 1.54) is 0 Å². The first kappa shape index (κ1) is 14.5. The molecule has 0 spiro atoms. The fourth-order valence-corrected chi connectivity index (χ4v) is 2.20. The Morgan fingerprint density at radius 2 is 2.40 bits per heavy atom. The normalized spacial score (nSPS) is 19.6. The summed E-state index contributed by atoms with van der Waals surface area (Å²) in [5, 5.41) is 8.57. The highest BCUT2D eigenvalue weighted by molar-refractivity contribution is 5.83. The molecule has 1 saturated heterocycles. The zero-order valence-electron chi connectivity index (χ0n) is 11.5. The van der Waals surface area contributed by atoms with E-state index in [0.717, 1.165) is 6.54 Å². The molecule has 0 aliphatic carbocycles. The fourth-order valence-electron chi connectivity index (χ4n) is 2.20. The van der Waals surface area contributed by atoms with Gasteiger partial charge in [0.1, 0.15) is 11.8 Å². The monoisotopic (exact) mass is 280 g/mol. The maximum atomic E-state index is 11.9. The number of nitrogens with one attached hydrogen (secondary N) is 3. The van der Waals surface area contributed by atoms with Crippen molar-refractivity contribution in [2.45, 2.75) is 12.6 Å². The summed E-state index contributed by atoms with van der Waals surface area (Å²) in [6.45, 7) is 2.58. The van der Waals surface area contributed by atoms with Crippen LogP contribution in [0.1, 0.15) is 5.76 Å². The van der Waals surface area contributed by atoms with Crippen molar-refractivity contribution in [1.82, 2.24) is 20.9 Å². The van der Waals surface area contributed by atoms with Crippen LogP contribution in [-0.2, 0) is 16.1 Å². The quantitative estimate of drug-likeness (QED) is 0.638. The lowest BCUT2D eigenvalue weighted by Crippen LogP contribution is -2.59. The number of likely N-dealkylation sites (N-methyl/N-ethyl adjacent to an activating group) is 1. The highest BCUT2D eigenvalue weighted by Crippen LogP contribution is 2.03. The van der Waals surface area contributed by atoms with Crippen molar-refractivity contribution in [2.75, 3.05) is 33.2 Å². The Kier molecular flexibility index (Phi) is 5.14. The summed E-state index contributed by atoms with van der Waals surface area (Å²) in [6, 6.07) is 3.28. The van der Waals surface area contributed by atoms with Crippen molar-refractivity contribution in [3.63, 3.8) is 0 Å². The molecule has 7 nitrogen and oxygen atoms in total. The van der Waals surface area contributed by atoms with Gasteiger partial charge >= 0.3 is 0 Å². The summed E-state index contributed by atoms with van der Waals surface area (Å²) in [5.74, 6) is 0.523. The lowest BCUT2D eigenvalue weighted by molar-refractivity contribution is -0.129. The van der Waals surface area contributed by atoms with Crippen molar-refractivity contribution in [2.24, 2.45) is 0 Å². The van der Waals surface area contributed by atoms with Crippen LogP contribution in [0, 0.1) is 0 Å². The smallest absolute Gasteiger partial charge is 0.238 e. The number of carbonyl (C=O) groups is 2. The van der Waals surface area contributed by atoms with Gasteiger partial charge in [0.2, 0.25) is 11.8 Å². The highest BCUT2D eigenvalue weighted by atomic mass is 16.3. The van der Waals surface area contributed by atoms with E-state index < -0.39 is 0 Å². The molecule has 2 heterocycles. The molecular weight excluding hydrogens is 260 g/mol. The van der Waals surface area contributed by atoms with Crippen LogP contribution in [0.25, 0.3) is 0 Å². The molecule has 1 aliphatic rings. The summed E-state index contributed by atoms with van der Waals surface area (Å²) in [6.07, 6.45) is 1.57. The molecule has 2 amide bonds. The Morgan fingerprint density at radius 3 is 3.10 bits per heavy atom. The third-order valence-electron chi connectivity index (χ3n) is 3.29. The molecular formula is C13H20N4O3. The predicted molar refractivity (Wildman–Crippen MR) is 72.9 cm³/mol. The summed E-state index contributed by atoms with van der Waals surface area (Å²) < 4.78 is 5.15. The number of furan rings is 1. The Hall–Kier alpha value is -1.86. The molecule has 20 heavy (non-hydrogen) atoms. The van der Waals surface area contributed by atoms with E-state index in [0.29, 0.717) is 25.4 Å². The maximum Gasteiger partial charge on any atom is 0.238 e. The van der Waals surface area contributed by atoms with E-state index in [1.807, 2.05) is 4.90 Å². The maximum absolute atomic E-state index is 11.9. The molecule has 7 heteroatoms. The van der Waals surface area contributed by atoms with E-state index in [2.05, 4.69) is 16.0 Å². The van der Waals surface area contributed by atoms with E-state index in [9.17, 15) is 9.59 Å². The Balaban J connectivity index is 1.83. The third-order valence-corrected chi connectivity index (χ3v) is 3.29. The fraction of sp³-hybridized carbons (Fsp3) is 0.538. The van der Waals surface area contributed by atoms with Gasteiger partial charge < -0.3 is 20.4 Å². The molecule has 1 unspecified atom stereocenters. The van der Waals surface area contributed by atoms with Gasteiger partial charge in [-0.1, -0.05) is 0 Å². The number of rotatable bonds is 5. The van der Waals surface area contributed by atoms with Crippen LogP contribution in [0.4, 0.5) is 0 Å². The van der Waals surface area contributed by atoms with E-state index in [1.54, 1.807) is 25.4 Å². The first-order valence-electron chi connectivity index (χ1n) is 6.66.